The minimum absolute atomic E-state index is 0.401. The van der Waals surface area contributed by atoms with E-state index in [9.17, 15) is 0 Å². The number of rotatable bonds is 8. The number of nitrogens with one attached hydrogen (secondary N) is 1. The molecular weight excluding hydrogens is 402 g/mol. The minimum Gasteiger partial charge on any atom is -0.489 e. The lowest BCUT2D eigenvalue weighted by molar-refractivity contribution is 0.294. The first kappa shape index (κ1) is 21.1. The molecule has 1 heterocycles. The Morgan fingerprint density at radius 2 is 1.44 bits per heavy atom. The van der Waals surface area contributed by atoms with Gasteiger partial charge in [0.05, 0.1) is 11.2 Å². The Hall–Kier alpha value is -4.10. The molecule has 0 saturated carbocycles. The maximum atomic E-state index is 5.96. The van der Waals surface area contributed by atoms with Gasteiger partial charge in [0.2, 0.25) is 0 Å². The summed E-state index contributed by atoms with van der Waals surface area (Å²) in [5.41, 5.74) is 6.42. The number of amidine groups is 1. The summed E-state index contributed by atoms with van der Waals surface area (Å²) in [6.45, 7) is 0.818. The van der Waals surface area contributed by atoms with Crippen molar-refractivity contribution in [2.45, 2.75) is 19.6 Å². The number of aromatic nitrogens is 1. The first-order chi connectivity index (χ1) is 15.7. The van der Waals surface area contributed by atoms with Gasteiger partial charge in [0.15, 0.2) is 0 Å². The second-order valence-electron chi connectivity index (χ2n) is 7.21. The van der Waals surface area contributed by atoms with E-state index in [0.717, 1.165) is 39.2 Å². The van der Waals surface area contributed by atoms with Crippen LogP contribution in [0.1, 0.15) is 16.8 Å². The zero-order valence-corrected chi connectivity index (χ0v) is 17.6. The number of hydrogen-bond acceptors (Lipinski definition) is 6. The summed E-state index contributed by atoms with van der Waals surface area (Å²) in [6, 6.07) is 27.6. The average molecular weight is 428 g/mol. The molecule has 7 nitrogen and oxygen atoms in total. The van der Waals surface area contributed by atoms with E-state index in [-0.39, 0.29) is 0 Å². The van der Waals surface area contributed by atoms with Crippen LogP contribution >= 0.6 is 0 Å². The van der Waals surface area contributed by atoms with Crippen molar-refractivity contribution < 1.29 is 9.47 Å². The highest BCUT2D eigenvalue weighted by Gasteiger charge is 2.07. The number of nitrogens with two attached hydrogens (primary N) is 2. The lowest BCUT2D eigenvalue weighted by Crippen LogP contribution is -2.33. The Bertz CT molecular complexity index is 1210. The molecule has 0 amide bonds. The van der Waals surface area contributed by atoms with Crippen LogP contribution in [0.4, 0.5) is 0 Å². The summed E-state index contributed by atoms with van der Waals surface area (Å²) in [7, 11) is 0. The molecule has 0 radical (unpaired) electrons. The van der Waals surface area contributed by atoms with E-state index in [1.807, 2.05) is 78.9 Å². The average Bonchev–Trinajstić information content (AvgIpc) is 2.86. The fraction of sp³-hybridized carbons (Fsp3) is 0.120. The van der Waals surface area contributed by atoms with Gasteiger partial charge in [-0.25, -0.2) is 10.8 Å². The van der Waals surface area contributed by atoms with E-state index in [0.29, 0.717) is 25.5 Å². The summed E-state index contributed by atoms with van der Waals surface area (Å²) in [5.74, 6) is 12.8. The molecule has 0 saturated heterocycles. The van der Waals surface area contributed by atoms with E-state index in [4.69, 9.17) is 21.2 Å². The predicted molar refractivity (Wildman–Crippen MR) is 126 cm³/mol. The van der Waals surface area contributed by atoms with E-state index in [1.165, 1.54) is 0 Å². The number of para-hydroxylation sites is 1. The molecule has 0 unspecified atom stereocenters. The molecule has 4 rings (SSSR count). The van der Waals surface area contributed by atoms with Crippen LogP contribution in [0.3, 0.4) is 0 Å². The highest BCUT2D eigenvalue weighted by molar-refractivity contribution is 5.83. The molecule has 0 atom stereocenters. The van der Waals surface area contributed by atoms with Gasteiger partial charge < -0.3 is 20.7 Å². The molecule has 3 aromatic carbocycles. The van der Waals surface area contributed by atoms with Crippen molar-refractivity contribution in [3.8, 4) is 11.5 Å². The van der Waals surface area contributed by atoms with Crippen LogP contribution in [0, 0.1) is 0 Å². The summed E-state index contributed by atoms with van der Waals surface area (Å²) in [5, 5.41) is 4.76. The van der Waals surface area contributed by atoms with Gasteiger partial charge in [0, 0.05) is 11.8 Å². The van der Waals surface area contributed by atoms with Crippen molar-refractivity contribution in [2.24, 2.45) is 16.8 Å². The fourth-order valence-corrected chi connectivity index (χ4v) is 3.32. The molecule has 0 aliphatic carbocycles. The van der Waals surface area contributed by atoms with E-state index >= 15 is 0 Å². The molecule has 0 bridgehead atoms. The molecule has 32 heavy (non-hydrogen) atoms. The number of hydrazone groups is 1. The summed E-state index contributed by atoms with van der Waals surface area (Å²) in [6.07, 6.45) is 0.502. The number of ether oxygens (including phenoxy) is 2. The Balaban J connectivity index is 1.34. The molecule has 0 aliphatic rings. The maximum absolute atomic E-state index is 5.96. The van der Waals surface area contributed by atoms with Gasteiger partial charge in [0.1, 0.15) is 30.5 Å². The highest BCUT2D eigenvalue weighted by atomic mass is 16.5. The van der Waals surface area contributed by atoms with Crippen molar-refractivity contribution in [2.75, 3.05) is 0 Å². The van der Waals surface area contributed by atoms with Crippen molar-refractivity contribution in [3.05, 3.63) is 102 Å². The number of pyridine rings is 1. The van der Waals surface area contributed by atoms with Crippen molar-refractivity contribution in [1.82, 2.24) is 10.4 Å². The van der Waals surface area contributed by atoms with E-state index < -0.39 is 0 Å². The third-order valence-corrected chi connectivity index (χ3v) is 5.06. The van der Waals surface area contributed by atoms with Gasteiger partial charge >= 0.3 is 0 Å². The van der Waals surface area contributed by atoms with Crippen molar-refractivity contribution in [3.63, 3.8) is 0 Å². The Labute approximate surface area is 186 Å². The van der Waals surface area contributed by atoms with Crippen molar-refractivity contribution in [1.29, 1.82) is 0 Å². The van der Waals surface area contributed by atoms with Gasteiger partial charge in [-0.3, -0.25) is 0 Å². The van der Waals surface area contributed by atoms with E-state index in [2.05, 4.69) is 21.6 Å². The zero-order chi connectivity index (χ0) is 22.2. The summed E-state index contributed by atoms with van der Waals surface area (Å²) < 4.78 is 11.8. The first-order valence-electron chi connectivity index (χ1n) is 10.3. The molecule has 0 fully saturated rings. The standard InChI is InChI=1S/C25H25N5O2/c26-29-25(30-27)15-19-6-1-2-7-20(19)16-31-22-11-13-23(14-12-22)32-17-21-10-9-18-5-3-4-8-24(18)28-21/h1-14H,15-17,26-27H2,(H,29,30). The Kier molecular flexibility index (Phi) is 6.79. The van der Waals surface area contributed by atoms with E-state index in [1.54, 1.807) is 0 Å². The normalized spacial score (nSPS) is 11.3. The Morgan fingerprint density at radius 3 is 2.16 bits per heavy atom. The van der Waals surface area contributed by atoms with Gasteiger partial charge in [-0.2, -0.15) is 5.10 Å². The van der Waals surface area contributed by atoms with Crippen molar-refractivity contribution >= 4 is 16.7 Å². The van der Waals surface area contributed by atoms with Crippen LogP contribution in [0.5, 0.6) is 11.5 Å². The van der Waals surface area contributed by atoms with Crippen LogP contribution in [0.25, 0.3) is 10.9 Å². The molecule has 162 valence electrons. The molecule has 7 heteroatoms. The number of hydrazine groups is 1. The molecule has 1 aromatic heterocycles. The molecule has 5 N–H and O–H groups in total. The monoisotopic (exact) mass is 427 g/mol. The van der Waals surface area contributed by atoms with Crippen LogP contribution in [-0.4, -0.2) is 10.8 Å². The predicted octanol–water partition coefficient (Wildman–Crippen LogP) is 3.67. The second kappa shape index (κ2) is 10.3. The number of hydrogen-bond donors (Lipinski definition) is 3. The number of fused-ring (bicyclic) bond motifs is 1. The van der Waals surface area contributed by atoms with Crippen LogP contribution in [0.15, 0.2) is 90.0 Å². The maximum Gasteiger partial charge on any atom is 0.140 e. The van der Waals surface area contributed by atoms with Crippen LogP contribution in [0.2, 0.25) is 0 Å². The summed E-state index contributed by atoms with van der Waals surface area (Å²) in [4.78, 5) is 4.63. The topological polar surface area (TPSA) is 108 Å². The minimum atomic E-state index is 0.401. The molecular formula is C25H25N5O2. The first-order valence-corrected chi connectivity index (χ1v) is 10.3. The largest absolute Gasteiger partial charge is 0.489 e. The Morgan fingerprint density at radius 1 is 0.781 bits per heavy atom. The highest BCUT2D eigenvalue weighted by Crippen LogP contribution is 2.21. The zero-order valence-electron chi connectivity index (χ0n) is 17.6. The molecule has 0 spiro atoms. The molecule has 4 aromatic rings. The smallest absolute Gasteiger partial charge is 0.140 e. The molecule has 0 aliphatic heterocycles. The van der Waals surface area contributed by atoms with Gasteiger partial charge in [0.25, 0.3) is 0 Å². The fourth-order valence-electron chi connectivity index (χ4n) is 3.32. The van der Waals surface area contributed by atoms with Gasteiger partial charge in [-0.15, -0.1) is 0 Å². The SMILES string of the molecule is N/N=C(/Cc1ccccc1COc1ccc(OCc2ccc3ccccc3n2)cc1)NN. The third-order valence-electron chi connectivity index (χ3n) is 5.06. The van der Waals surface area contributed by atoms with Crippen LogP contribution in [-0.2, 0) is 19.6 Å². The summed E-state index contributed by atoms with van der Waals surface area (Å²) >= 11 is 0. The number of nitrogens with zero attached hydrogens (tertiary/aromatic N) is 2. The number of benzene rings is 3. The second-order valence-corrected chi connectivity index (χ2v) is 7.21. The van der Waals surface area contributed by atoms with Gasteiger partial charge in [-0.1, -0.05) is 48.5 Å². The lowest BCUT2D eigenvalue weighted by atomic mass is 10.0. The quantitative estimate of drug-likeness (QED) is 0.171. The third kappa shape index (κ3) is 5.33. The lowest BCUT2D eigenvalue weighted by Gasteiger charge is -2.12. The van der Waals surface area contributed by atoms with Gasteiger partial charge in [-0.05, 0) is 47.5 Å². The van der Waals surface area contributed by atoms with Crippen LogP contribution < -0.4 is 26.6 Å².